The van der Waals surface area contributed by atoms with E-state index in [-0.39, 0.29) is 0 Å². The van der Waals surface area contributed by atoms with Crippen LogP contribution in [0.25, 0.3) is 91.1 Å². The number of hydrogen-bond acceptors (Lipinski definition) is 3. The lowest BCUT2D eigenvalue weighted by Crippen LogP contribution is -1.96. The average Bonchev–Trinajstić information content (AvgIpc) is 3.99. The van der Waals surface area contributed by atoms with Crippen molar-refractivity contribution >= 4 is 46.4 Å². The van der Waals surface area contributed by atoms with Gasteiger partial charge in [-0.2, -0.15) is 0 Å². The van der Waals surface area contributed by atoms with Gasteiger partial charge in [-0.25, -0.2) is 15.0 Å². The largest absolute Gasteiger partial charge is 0.354 e. The topological polar surface area (TPSA) is 75.2 Å². The summed E-state index contributed by atoms with van der Waals surface area (Å²) in [5.74, 6) is 0.835. The van der Waals surface area contributed by atoms with Crippen molar-refractivity contribution in [2.45, 2.75) is 62.3 Å². The van der Waals surface area contributed by atoms with Crippen molar-refractivity contribution in [2.24, 2.45) is 7.05 Å². The number of nitrogens with zero attached hydrogens (tertiary/aromatic N) is 4. The van der Waals surface area contributed by atoms with Crippen LogP contribution in [0.1, 0.15) is 72.8 Å². The van der Waals surface area contributed by atoms with Gasteiger partial charge in [-0.15, -0.1) is 0 Å². The summed E-state index contributed by atoms with van der Waals surface area (Å²) in [6.45, 7) is 19.8. The van der Waals surface area contributed by atoms with Crippen molar-refractivity contribution in [3.8, 4) is 44.8 Å². The molecule has 0 radical (unpaired) electrons. The maximum atomic E-state index is 5.59. The average molecular weight is 745 g/mol. The molecule has 0 saturated heterocycles. The summed E-state index contributed by atoms with van der Waals surface area (Å²) >= 11 is 0. The number of fused-ring (bicyclic) bond motifs is 8. The molecule has 9 rings (SSSR count). The summed E-state index contributed by atoms with van der Waals surface area (Å²) in [6, 6.07) is 22.4. The van der Waals surface area contributed by atoms with E-state index in [2.05, 4.69) is 162 Å². The molecule has 0 fully saturated rings. The van der Waals surface area contributed by atoms with Gasteiger partial charge in [0.05, 0.1) is 33.9 Å². The lowest BCUT2D eigenvalue weighted by molar-refractivity contribution is 0.924. The Morgan fingerprint density at radius 2 is 0.702 bits per heavy atom. The monoisotopic (exact) mass is 744 g/mol. The van der Waals surface area contributed by atoms with Crippen LogP contribution in [0.2, 0.25) is 0 Å². The molecule has 2 aliphatic rings. The summed E-state index contributed by atoms with van der Waals surface area (Å²) in [5, 5.41) is 0. The Hall–Kier alpha value is -6.53. The normalized spacial score (nSPS) is 12.2. The molecule has 6 heterocycles. The molecule has 4 aromatic heterocycles. The molecule has 6 heteroatoms. The number of aromatic amines is 2. The maximum Gasteiger partial charge on any atom is 0.143 e. The Morgan fingerprint density at radius 1 is 0.404 bits per heavy atom. The first-order valence-corrected chi connectivity index (χ1v) is 19.7. The fraction of sp³-hybridized carbons (Fsp3) is 0.196. The third-order valence-electron chi connectivity index (χ3n) is 11.6. The molecule has 0 aliphatic carbocycles. The highest BCUT2D eigenvalue weighted by Gasteiger charge is 2.23. The zero-order chi connectivity index (χ0) is 39.9. The third kappa shape index (κ3) is 6.07. The van der Waals surface area contributed by atoms with Crippen molar-refractivity contribution in [2.75, 3.05) is 0 Å². The smallest absolute Gasteiger partial charge is 0.143 e. The molecule has 2 aliphatic heterocycles. The van der Waals surface area contributed by atoms with E-state index in [4.69, 9.17) is 15.0 Å². The number of imidazole rings is 1. The molecule has 6 nitrogen and oxygen atoms in total. The van der Waals surface area contributed by atoms with Crippen LogP contribution in [0.5, 0.6) is 0 Å². The van der Waals surface area contributed by atoms with Gasteiger partial charge in [-0.3, -0.25) is 0 Å². The van der Waals surface area contributed by atoms with Crippen molar-refractivity contribution < 1.29 is 0 Å². The van der Waals surface area contributed by atoms with E-state index >= 15 is 0 Å². The molecular formula is C51H48N6. The minimum Gasteiger partial charge on any atom is -0.354 e. The van der Waals surface area contributed by atoms with Gasteiger partial charge in [-0.1, -0.05) is 53.1 Å². The first kappa shape index (κ1) is 36.1. The van der Waals surface area contributed by atoms with Crippen LogP contribution in [0.15, 0.2) is 73.1 Å². The highest BCUT2D eigenvalue weighted by Crippen LogP contribution is 2.42. The summed E-state index contributed by atoms with van der Waals surface area (Å²) < 4.78 is 2.06. The molecule has 7 aromatic rings. The van der Waals surface area contributed by atoms with Crippen molar-refractivity contribution in [1.29, 1.82) is 0 Å². The van der Waals surface area contributed by atoms with E-state index in [1.54, 1.807) is 0 Å². The van der Waals surface area contributed by atoms with Crippen LogP contribution in [0, 0.1) is 62.3 Å². The molecule has 8 bridgehead atoms. The van der Waals surface area contributed by atoms with E-state index < -0.39 is 0 Å². The van der Waals surface area contributed by atoms with Crippen LogP contribution in [0.3, 0.4) is 0 Å². The van der Waals surface area contributed by atoms with Gasteiger partial charge < -0.3 is 14.5 Å². The molecular weight excluding hydrogens is 697 g/mol. The molecule has 0 amide bonds. The summed E-state index contributed by atoms with van der Waals surface area (Å²) in [6.07, 6.45) is 12.5. The minimum atomic E-state index is 0.835. The third-order valence-corrected chi connectivity index (χ3v) is 11.6. The van der Waals surface area contributed by atoms with Gasteiger partial charge in [-0.05, 0) is 161 Å². The molecule has 0 atom stereocenters. The Balaban J connectivity index is 1.53. The minimum absolute atomic E-state index is 0.835. The maximum absolute atomic E-state index is 5.59. The predicted molar refractivity (Wildman–Crippen MR) is 240 cm³/mol. The van der Waals surface area contributed by atoms with Gasteiger partial charge in [0.25, 0.3) is 0 Å². The zero-order valence-electron chi connectivity index (χ0n) is 34.5. The number of aryl methyl sites for hydroxylation is 10. The highest BCUT2D eigenvalue weighted by molar-refractivity contribution is 6.01. The number of hydrogen-bond donors (Lipinski definition) is 2. The quantitative estimate of drug-likeness (QED) is 0.188. The molecule has 2 N–H and O–H groups in total. The fourth-order valence-electron chi connectivity index (χ4n) is 9.56. The van der Waals surface area contributed by atoms with Gasteiger partial charge in [0.2, 0.25) is 0 Å². The number of benzene rings is 3. The van der Waals surface area contributed by atoms with E-state index in [0.717, 1.165) is 72.9 Å². The van der Waals surface area contributed by atoms with Crippen molar-refractivity contribution in [3.05, 3.63) is 146 Å². The van der Waals surface area contributed by atoms with E-state index in [1.165, 1.54) is 66.8 Å². The number of nitrogens with one attached hydrogen (secondary N) is 2. The standard InChI is InChI=1S/C51H48N6/c1-27-21-30(4)44(31(5)22-27)47-36-11-13-38(53-36)48(45-32(6)23-28(2)24-33(45)7)40-15-17-42(55-40)50(51-52-19-20-57(51)10)43-18-16-41(56-43)49(39-14-12-37(47)54-39)46-34(8)25-29(3)26-35(46)9/h11-26,53,56H,1-10H3. The number of rotatable bonds is 4. The SMILES string of the molecule is Cc1cc(C)c(-c2c3nc(c(-c4c(C)cc(C)cc4C)c4ccc([nH]4)c(-c4nccn4C)c4nc(c(-c5c(C)cc(C)cc5C)c5ccc2[nH]5)C=C4)C=C3)c(C)c1. The van der Waals surface area contributed by atoms with Crippen LogP contribution < -0.4 is 0 Å². The second-order valence-electron chi connectivity index (χ2n) is 16.2. The Morgan fingerprint density at radius 3 is 1.00 bits per heavy atom. The zero-order valence-corrected chi connectivity index (χ0v) is 34.5. The molecule has 282 valence electrons. The van der Waals surface area contributed by atoms with Crippen LogP contribution in [-0.2, 0) is 7.05 Å². The first-order chi connectivity index (χ1) is 27.4. The Kier molecular flexibility index (Phi) is 8.62. The summed E-state index contributed by atoms with van der Waals surface area (Å²) in [5.41, 5.74) is 26.2. The second-order valence-corrected chi connectivity index (χ2v) is 16.2. The van der Waals surface area contributed by atoms with Gasteiger partial charge >= 0.3 is 0 Å². The number of aromatic nitrogens is 6. The van der Waals surface area contributed by atoms with Crippen LogP contribution >= 0.6 is 0 Å². The van der Waals surface area contributed by atoms with Crippen molar-refractivity contribution in [1.82, 2.24) is 29.5 Å². The van der Waals surface area contributed by atoms with E-state index in [9.17, 15) is 0 Å². The first-order valence-electron chi connectivity index (χ1n) is 19.7. The summed E-state index contributed by atoms with van der Waals surface area (Å²) in [7, 11) is 2.04. The molecule has 0 saturated carbocycles. The van der Waals surface area contributed by atoms with Crippen LogP contribution in [-0.4, -0.2) is 29.5 Å². The lowest BCUT2D eigenvalue weighted by Gasteiger charge is -2.14. The van der Waals surface area contributed by atoms with E-state index in [1.807, 2.05) is 19.4 Å². The van der Waals surface area contributed by atoms with Gasteiger partial charge in [0, 0.05) is 52.7 Å². The number of H-pyrrole nitrogens is 2. The van der Waals surface area contributed by atoms with Crippen LogP contribution in [0.4, 0.5) is 0 Å². The molecule has 3 aromatic carbocycles. The van der Waals surface area contributed by atoms with E-state index in [0.29, 0.717) is 0 Å². The van der Waals surface area contributed by atoms with Gasteiger partial charge in [0.1, 0.15) is 5.82 Å². The predicted octanol–water partition coefficient (Wildman–Crippen LogP) is 12.8. The highest BCUT2D eigenvalue weighted by atomic mass is 15.0. The molecule has 0 unspecified atom stereocenters. The lowest BCUT2D eigenvalue weighted by atomic mass is 9.92. The molecule has 0 spiro atoms. The summed E-state index contributed by atoms with van der Waals surface area (Å²) in [4.78, 5) is 23.8. The second kappa shape index (κ2) is 13.6. The fourth-order valence-corrected chi connectivity index (χ4v) is 9.56. The molecule has 57 heavy (non-hydrogen) atoms. The Labute approximate surface area is 334 Å². The van der Waals surface area contributed by atoms with Gasteiger partial charge in [0.15, 0.2) is 0 Å². The Bertz CT molecular complexity index is 2940. The van der Waals surface area contributed by atoms with Crippen molar-refractivity contribution in [3.63, 3.8) is 0 Å².